The zero-order chi connectivity index (χ0) is 21.6. The van der Waals surface area contributed by atoms with Crippen LogP contribution in [0.15, 0.2) is 59.9 Å². The predicted octanol–water partition coefficient (Wildman–Crippen LogP) is 3.99. The molecule has 4 rings (SSSR count). The first-order valence-electron chi connectivity index (χ1n) is 10.0. The van der Waals surface area contributed by atoms with Crippen LogP contribution >= 0.6 is 11.8 Å². The van der Waals surface area contributed by atoms with Gasteiger partial charge in [0.15, 0.2) is 16.7 Å². The standard InChI is InChI=1S/C23H22N4O3S/c1-2-26-19(17-8-9-20-21(14-17)30-13-12-29-20)15-25-23(26)31-16-22(28)27(11-10-24)18-6-4-3-5-7-18/h3-9,14-15H,2,11-13,16H2,1H3. The SMILES string of the molecule is CCn1c(-c2ccc3c(c2)OCCO3)cnc1SCC(=O)N(CC#N)c1ccccc1. The van der Waals surface area contributed by atoms with Crippen molar-refractivity contribution in [1.29, 1.82) is 5.26 Å². The molecule has 0 atom stereocenters. The van der Waals surface area contributed by atoms with Gasteiger partial charge in [-0.15, -0.1) is 0 Å². The van der Waals surface area contributed by atoms with E-state index in [0.29, 0.717) is 25.4 Å². The van der Waals surface area contributed by atoms with E-state index in [2.05, 4.69) is 15.6 Å². The Morgan fingerprint density at radius 3 is 2.71 bits per heavy atom. The summed E-state index contributed by atoms with van der Waals surface area (Å²) in [6.45, 7) is 3.85. The lowest BCUT2D eigenvalue weighted by atomic mass is 10.1. The molecule has 158 valence electrons. The lowest BCUT2D eigenvalue weighted by Crippen LogP contribution is -2.32. The molecule has 1 aromatic heterocycles. The van der Waals surface area contributed by atoms with Crippen LogP contribution in [-0.2, 0) is 11.3 Å². The largest absolute Gasteiger partial charge is 0.486 e. The number of para-hydroxylation sites is 1. The summed E-state index contributed by atoms with van der Waals surface area (Å²) < 4.78 is 13.4. The Morgan fingerprint density at radius 2 is 1.97 bits per heavy atom. The monoisotopic (exact) mass is 434 g/mol. The van der Waals surface area contributed by atoms with Gasteiger partial charge in [-0.25, -0.2) is 4.98 Å². The molecule has 1 aliphatic heterocycles. The molecule has 0 N–H and O–H groups in total. The number of nitrogens with zero attached hydrogens (tertiary/aromatic N) is 4. The second-order valence-corrected chi connectivity index (χ2v) is 7.73. The van der Waals surface area contributed by atoms with Crippen LogP contribution in [0.1, 0.15) is 6.92 Å². The number of fused-ring (bicyclic) bond motifs is 1. The van der Waals surface area contributed by atoms with Gasteiger partial charge in [-0.3, -0.25) is 9.69 Å². The summed E-state index contributed by atoms with van der Waals surface area (Å²) in [6, 6.07) is 17.2. The fourth-order valence-corrected chi connectivity index (χ4v) is 4.34. The van der Waals surface area contributed by atoms with Crippen LogP contribution < -0.4 is 14.4 Å². The average Bonchev–Trinajstić information content (AvgIpc) is 3.24. The van der Waals surface area contributed by atoms with Gasteiger partial charge in [0.2, 0.25) is 5.91 Å². The molecule has 0 unspecified atom stereocenters. The van der Waals surface area contributed by atoms with Crippen molar-refractivity contribution in [1.82, 2.24) is 9.55 Å². The summed E-state index contributed by atoms with van der Waals surface area (Å²) >= 11 is 1.37. The molecule has 31 heavy (non-hydrogen) atoms. The molecule has 2 aromatic carbocycles. The molecule has 1 aliphatic rings. The second-order valence-electron chi connectivity index (χ2n) is 6.79. The quantitative estimate of drug-likeness (QED) is 0.413. The summed E-state index contributed by atoms with van der Waals surface area (Å²) in [7, 11) is 0. The van der Waals surface area contributed by atoms with Crippen molar-refractivity contribution in [2.45, 2.75) is 18.6 Å². The van der Waals surface area contributed by atoms with Gasteiger partial charge in [0, 0.05) is 17.8 Å². The highest BCUT2D eigenvalue weighted by molar-refractivity contribution is 7.99. The number of thioether (sulfide) groups is 1. The van der Waals surface area contributed by atoms with E-state index in [-0.39, 0.29) is 18.2 Å². The smallest absolute Gasteiger partial charge is 0.238 e. The summed E-state index contributed by atoms with van der Waals surface area (Å²) in [6.07, 6.45) is 1.81. The fourth-order valence-electron chi connectivity index (χ4n) is 3.42. The van der Waals surface area contributed by atoms with E-state index in [1.165, 1.54) is 16.7 Å². The van der Waals surface area contributed by atoms with Gasteiger partial charge in [-0.05, 0) is 37.3 Å². The molecule has 8 heteroatoms. The number of carbonyl (C=O) groups excluding carboxylic acids is 1. The maximum Gasteiger partial charge on any atom is 0.238 e. The Balaban J connectivity index is 1.51. The highest BCUT2D eigenvalue weighted by Gasteiger charge is 2.19. The Kier molecular flexibility index (Phi) is 6.43. The van der Waals surface area contributed by atoms with Crippen LogP contribution in [0.5, 0.6) is 11.5 Å². The zero-order valence-electron chi connectivity index (χ0n) is 17.2. The van der Waals surface area contributed by atoms with Crippen LogP contribution in [0, 0.1) is 11.3 Å². The van der Waals surface area contributed by atoms with Gasteiger partial charge < -0.3 is 14.0 Å². The molecule has 0 saturated heterocycles. The maximum atomic E-state index is 12.8. The number of anilines is 1. The van der Waals surface area contributed by atoms with E-state index in [0.717, 1.165) is 27.9 Å². The number of amides is 1. The molecule has 1 amide bonds. The Morgan fingerprint density at radius 1 is 1.19 bits per heavy atom. The highest BCUT2D eigenvalue weighted by Crippen LogP contribution is 2.35. The lowest BCUT2D eigenvalue weighted by molar-refractivity contribution is -0.116. The minimum absolute atomic E-state index is 0.00801. The van der Waals surface area contributed by atoms with Gasteiger partial charge in [0.25, 0.3) is 0 Å². The Bertz CT molecular complexity index is 1110. The number of carbonyl (C=O) groups is 1. The Labute approximate surface area is 185 Å². The summed E-state index contributed by atoms with van der Waals surface area (Å²) in [5.74, 6) is 1.53. The van der Waals surface area contributed by atoms with Crippen LogP contribution in [0.3, 0.4) is 0 Å². The van der Waals surface area contributed by atoms with Gasteiger partial charge in [-0.1, -0.05) is 30.0 Å². The summed E-state index contributed by atoms with van der Waals surface area (Å²) in [5, 5.41) is 9.90. The van der Waals surface area contributed by atoms with Gasteiger partial charge in [0.05, 0.1) is 23.7 Å². The molecular weight excluding hydrogens is 412 g/mol. The van der Waals surface area contributed by atoms with Crippen LogP contribution in [0.2, 0.25) is 0 Å². The summed E-state index contributed by atoms with van der Waals surface area (Å²) in [4.78, 5) is 18.9. The molecule has 3 aromatic rings. The number of rotatable bonds is 7. The van der Waals surface area contributed by atoms with Crippen molar-refractivity contribution in [3.63, 3.8) is 0 Å². The second kappa shape index (κ2) is 9.58. The minimum atomic E-state index is -0.135. The molecule has 0 saturated carbocycles. The van der Waals surface area contributed by atoms with Crippen molar-refractivity contribution in [3.8, 4) is 28.8 Å². The van der Waals surface area contributed by atoms with Crippen molar-refractivity contribution < 1.29 is 14.3 Å². The van der Waals surface area contributed by atoms with E-state index >= 15 is 0 Å². The highest BCUT2D eigenvalue weighted by atomic mass is 32.2. The number of hydrogen-bond acceptors (Lipinski definition) is 6. The van der Waals surface area contributed by atoms with Gasteiger partial charge in [-0.2, -0.15) is 5.26 Å². The number of benzene rings is 2. The molecule has 0 bridgehead atoms. The molecule has 0 fully saturated rings. The van der Waals surface area contributed by atoms with Crippen molar-refractivity contribution in [2.24, 2.45) is 0 Å². The van der Waals surface area contributed by atoms with Gasteiger partial charge >= 0.3 is 0 Å². The van der Waals surface area contributed by atoms with E-state index in [9.17, 15) is 4.79 Å². The third kappa shape index (κ3) is 4.52. The van der Waals surface area contributed by atoms with E-state index in [1.54, 1.807) is 0 Å². The number of hydrogen-bond donors (Lipinski definition) is 0. The zero-order valence-corrected chi connectivity index (χ0v) is 18.0. The Hall–Kier alpha value is -3.44. The van der Waals surface area contributed by atoms with Crippen molar-refractivity contribution in [2.75, 3.05) is 30.4 Å². The van der Waals surface area contributed by atoms with E-state index in [4.69, 9.17) is 14.7 Å². The molecule has 2 heterocycles. The van der Waals surface area contributed by atoms with E-state index in [1.807, 2.05) is 61.7 Å². The fraction of sp³-hybridized carbons (Fsp3) is 0.261. The third-order valence-electron chi connectivity index (χ3n) is 4.90. The number of nitriles is 1. The number of imidazole rings is 1. The average molecular weight is 435 g/mol. The third-order valence-corrected chi connectivity index (χ3v) is 5.87. The molecular formula is C23H22N4O3S. The molecule has 7 nitrogen and oxygen atoms in total. The molecule has 0 spiro atoms. The predicted molar refractivity (Wildman–Crippen MR) is 119 cm³/mol. The summed E-state index contributed by atoms with van der Waals surface area (Å²) in [5.41, 5.74) is 2.64. The first kappa shape index (κ1) is 20.8. The van der Waals surface area contributed by atoms with Crippen LogP contribution in [0.25, 0.3) is 11.3 Å². The number of ether oxygens (including phenoxy) is 2. The van der Waals surface area contributed by atoms with E-state index < -0.39 is 0 Å². The lowest BCUT2D eigenvalue weighted by Gasteiger charge is -2.20. The normalized spacial score (nSPS) is 12.3. The first-order chi connectivity index (χ1) is 15.2. The van der Waals surface area contributed by atoms with Crippen molar-refractivity contribution in [3.05, 3.63) is 54.7 Å². The molecule has 0 aliphatic carbocycles. The number of aromatic nitrogens is 2. The molecule has 0 radical (unpaired) electrons. The van der Waals surface area contributed by atoms with Gasteiger partial charge in [0.1, 0.15) is 19.8 Å². The maximum absolute atomic E-state index is 12.8. The first-order valence-corrected chi connectivity index (χ1v) is 11.0. The van der Waals surface area contributed by atoms with Crippen LogP contribution in [0.4, 0.5) is 5.69 Å². The van der Waals surface area contributed by atoms with Crippen LogP contribution in [-0.4, -0.2) is 41.0 Å². The van der Waals surface area contributed by atoms with Crippen molar-refractivity contribution >= 4 is 23.4 Å². The minimum Gasteiger partial charge on any atom is -0.486 e. The topological polar surface area (TPSA) is 80.4 Å².